The highest BCUT2D eigenvalue weighted by Crippen LogP contribution is 2.29. The Hall–Kier alpha value is -0.420. The van der Waals surface area contributed by atoms with Crippen LogP contribution < -0.4 is 5.73 Å². The van der Waals surface area contributed by atoms with Crippen molar-refractivity contribution >= 4 is 41.7 Å². The van der Waals surface area contributed by atoms with E-state index in [0.29, 0.717) is 12.3 Å². The zero-order chi connectivity index (χ0) is 14.6. The average molecular weight is 349 g/mol. The SMILES string of the molecule is CC1(CN)CCN(C(=O)CSCc2cccc(Cl)c2)C1.Cl. The van der Waals surface area contributed by atoms with Crippen molar-refractivity contribution in [1.82, 2.24) is 4.90 Å². The summed E-state index contributed by atoms with van der Waals surface area (Å²) in [6, 6.07) is 7.77. The number of nitrogens with zero attached hydrogens (tertiary/aromatic N) is 1. The Morgan fingerprint density at radius 1 is 1.52 bits per heavy atom. The second-order valence-corrected chi connectivity index (χ2v) is 7.12. The number of hydrogen-bond acceptors (Lipinski definition) is 3. The number of amides is 1. The van der Waals surface area contributed by atoms with E-state index in [1.54, 1.807) is 11.8 Å². The van der Waals surface area contributed by atoms with E-state index >= 15 is 0 Å². The van der Waals surface area contributed by atoms with Crippen LogP contribution in [0.25, 0.3) is 0 Å². The van der Waals surface area contributed by atoms with Gasteiger partial charge in [-0.05, 0) is 36.1 Å². The van der Waals surface area contributed by atoms with Gasteiger partial charge in [0.15, 0.2) is 0 Å². The van der Waals surface area contributed by atoms with Gasteiger partial charge in [0, 0.05) is 23.9 Å². The molecule has 1 saturated heterocycles. The molecule has 1 unspecified atom stereocenters. The number of likely N-dealkylation sites (tertiary alicyclic amines) is 1. The van der Waals surface area contributed by atoms with Crippen molar-refractivity contribution < 1.29 is 4.79 Å². The molecule has 118 valence electrons. The van der Waals surface area contributed by atoms with Crippen LogP contribution in [0, 0.1) is 5.41 Å². The summed E-state index contributed by atoms with van der Waals surface area (Å²) < 4.78 is 0. The van der Waals surface area contributed by atoms with Crippen LogP contribution in [0.3, 0.4) is 0 Å². The van der Waals surface area contributed by atoms with Gasteiger partial charge in [0.2, 0.25) is 5.91 Å². The maximum Gasteiger partial charge on any atom is 0.232 e. The number of carbonyl (C=O) groups excluding carboxylic acids is 1. The lowest BCUT2D eigenvalue weighted by molar-refractivity contribution is -0.127. The van der Waals surface area contributed by atoms with Crippen molar-refractivity contribution in [3.63, 3.8) is 0 Å². The molecule has 0 radical (unpaired) electrons. The second-order valence-electron chi connectivity index (χ2n) is 5.70. The average Bonchev–Trinajstić information content (AvgIpc) is 2.82. The minimum absolute atomic E-state index is 0. The fraction of sp³-hybridized carbons (Fsp3) is 0.533. The lowest BCUT2D eigenvalue weighted by Crippen LogP contribution is -2.35. The number of rotatable bonds is 5. The molecule has 3 nitrogen and oxygen atoms in total. The molecule has 21 heavy (non-hydrogen) atoms. The quantitative estimate of drug-likeness (QED) is 0.888. The molecule has 0 spiro atoms. The molecule has 0 aromatic heterocycles. The van der Waals surface area contributed by atoms with E-state index in [-0.39, 0.29) is 23.7 Å². The van der Waals surface area contributed by atoms with Crippen LogP contribution in [0.5, 0.6) is 0 Å². The van der Waals surface area contributed by atoms with Gasteiger partial charge in [0.05, 0.1) is 5.75 Å². The summed E-state index contributed by atoms with van der Waals surface area (Å²) in [5.41, 5.74) is 7.03. The lowest BCUT2D eigenvalue weighted by atomic mass is 9.90. The third-order valence-electron chi connectivity index (χ3n) is 3.79. The van der Waals surface area contributed by atoms with Gasteiger partial charge in [-0.2, -0.15) is 0 Å². The van der Waals surface area contributed by atoms with Crippen molar-refractivity contribution in [2.75, 3.05) is 25.4 Å². The molecule has 1 aliphatic rings. The maximum absolute atomic E-state index is 12.1. The summed E-state index contributed by atoms with van der Waals surface area (Å²) in [6.07, 6.45) is 1.01. The van der Waals surface area contributed by atoms with E-state index in [0.717, 1.165) is 35.8 Å². The van der Waals surface area contributed by atoms with Crippen molar-refractivity contribution in [1.29, 1.82) is 0 Å². The maximum atomic E-state index is 12.1. The number of hydrogen-bond donors (Lipinski definition) is 1. The van der Waals surface area contributed by atoms with E-state index in [9.17, 15) is 4.79 Å². The standard InChI is InChI=1S/C15H21ClN2OS.ClH/c1-15(10-17)5-6-18(11-15)14(19)9-20-8-12-3-2-4-13(16)7-12;/h2-4,7H,5-6,8-11,17H2,1H3;1H. The Labute approximate surface area is 142 Å². The third kappa shape index (κ3) is 5.37. The minimum Gasteiger partial charge on any atom is -0.341 e. The molecule has 1 amide bonds. The third-order valence-corrected chi connectivity index (χ3v) is 5.01. The van der Waals surface area contributed by atoms with Gasteiger partial charge >= 0.3 is 0 Å². The molecule has 2 N–H and O–H groups in total. The van der Waals surface area contributed by atoms with Crippen molar-refractivity contribution in [3.8, 4) is 0 Å². The van der Waals surface area contributed by atoms with E-state index in [2.05, 4.69) is 6.92 Å². The summed E-state index contributed by atoms with van der Waals surface area (Å²) in [4.78, 5) is 14.1. The molecule has 0 saturated carbocycles. The normalized spacial score (nSPS) is 21.2. The van der Waals surface area contributed by atoms with E-state index in [1.807, 2.05) is 29.2 Å². The molecule has 2 rings (SSSR count). The highest BCUT2D eigenvalue weighted by atomic mass is 35.5. The first-order valence-electron chi connectivity index (χ1n) is 6.82. The zero-order valence-electron chi connectivity index (χ0n) is 12.2. The van der Waals surface area contributed by atoms with Crippen molar-refractivity contribution in [2.24, 2.45) is 11.1 Å². The summed E-state index contributed by atoms with van der Waals surface area (Å²) in [5, 5.41) is 0.743. The molecule has 1 heterocycles. The molecular weight excluding hydrogens is 327 g/mol. The van der Waals surface area contributed by atoms with Crippen molar-refractivity contribution in [2.45, 2.75) is 19.1 Å². The Balaban J connectivity index is 0.00000220. The van der Waals surface area contributed by atoms with Crippen LogP contribution >= 0.6 is 35.8 Å². The van der Waals surface area contributed by atoms with Crippen molar-refractivity contribution in [3.05, 3.63) is 34.9 Å². The molecular formula is C15H22Cl2N2OS. The number of halogens is 2. The summed E-state index contributed by atoms with van der Waals surface area (Å²) in [6.45, 7) is 4.43. The fourth-order valence-corrected chi connectivity index (χ4v) is 3.46. The van der Waals surface area contributed by atoms with Gasteiger partial charge in [0.25, 0.3) is 0 Å². The number of nitrogens with two attached hydrogens (primary N) is 1. The number of thioether (sulfide) groups is 1. The number of benzene rings is 1. The molecule has 6 heteroatoms. The van der Waals surface area contributed by atoms with Crippen LogP contribution in [0.2, 0.25) is 5.02 Å². The highest BCUT2D eigenvalue weighted by Gasteiger charge is 2.34. The van der Waals surface area contributed by atoms with E-state index in [1.165, 1.54) is 0 Å². The van der Waals surface area contributed by atoms with Gasteiger partial charge in [-0.1, -0.05) is 30.7 Å². The first-order chi connectivity index (χ1) is 9.52. The molecule has 0 aliphatic carbocycles. The summed E-state index contributed by atoms with van der Waals surface area (Å²) in [5.74, 6) is 1.55. The Kier molecular flexibility index (Phi) is 7.34. The molecule has 0 bridgehead atoms. The molecule has 1 aromatic carbocycles. The summed E-state index contributed by atoms with van der Waals surface area (Å²) in [7, 11) is 0. The van der Waals surface area contributed by atoms with E-state index in [4.69, 9.17) is 17.3 Å². The predicted octanol–water partition coefficient (Wildman–Crippen LogP) is 3.19. The lowest BCUT2D eigenvalue weighted by Gasteiger charge is -2.22. The smallest absolute Gasteiger partial charge is 0.232 e. The van der Waals surface area contributed by atoms with Crippen LogP contribution in [-0.2, 0) is 10.5 Å². The highest BCUT2D eigenvalue weighted by molar-refractivity contribution is 7.99. The van der Waals surface area contributed by atoms with Crippen LogP contribution in [0.1, 0.15) is 18.9 Å². The van der Waals surface area contributed by atoms with Crippen LogP contribution in [0.15, 0.2) is 24.3 Å². The first kappa shape index (κ1) is 18.6. The Morgan fingerprint density at radius 2 is 2.29 bits per heavy atom. The largest absolute Gasteiger partial charge is 0.341 e. The first-order valence-corrected chi connectivity index (χ1v) is 8.36. The Morgan fingerprint density at radius 3 is 2.90 bits per heavy atom. The van der Waals surface area contributed by atoms with Gasteiger partial charge in [0.1, 0.15) is 0 Å². The molecule has 1 aromatic rings. The monoisotopic (exact) mass is 348 g/mol. The molecule has 1 fully saturated rings. The van der Waals surface area contributed by atoms with Crippen LogP contribution in [0.4, 0.5) is 0 Å². The van der Waals surface area contributed by atoms with Crippen LogP contribution in [-0.4, -0.2) is 36.2 Å². The van der Waals surface area contributed by atoms with Gasteiger partial charge in [-0.3, -0.25) is 4.79 Å². The molecule has 1 atom stereocenters. The second kappa shape index (κ2) is 8.28. The fourth-order valence-electron chi connectivity index (χ4n) is 2.38. The van der Waals surface area contributed by atoms with E-state index < -0.39 is 0 Å². The Bertz CT molecular complexity index is 486. The zero-order valence-corrected chi connectivity index (χ0v) is 14.6. The van der Waals surface area contributed by atoms with Gasteiger partial charge in [-0.25, -0.2) is 0 Å². The molecule has 1 aliphatic heterocycles. The van der Waals surface area contributed by atoms with Gasteiger partial charge < -0.3 is 10.6 Å². The van der Waals surface area contributed by atoms with Gasteiger partial charge in [-0.15, -0.1) is 24.2 Å². The predicted molar refractivity (Wildman–Crippen MR) is 93.2 cm³/mol. The summed E-state index contributed by atoms with van der Waals surface area (Å²) >= 11 is 7.58. The minimum atomic E-state index is 0. The number of carbonyl (C=O) groups is 1. The topological polar surface area (TPSA) is 46.3 Å².